The summed E-state index contributed by atoms with van der Waals surface area (Å²) in [4.78, 5) is 20.3. The molecule has 1 N–H and O–H groups in total. The van der Waals surface area contributed by atoms with Crippen LogP contribution in [0.4, 0.5) is 10.6 Å². The maximum absolute atomic E-state index is 11.6. The predicted molar refractivity (Wildman–Crippen MR) is 81.2 cm³/mol. The van der Waals surface area contributed by atoms with Crippen LogP contribution in [0.15, 0.2) is 23.3 Å². The molecule has 3 rings (SSSR count). The first-order chi connectivity index (χ1) is 11.0. The molecule has 22 heavy (non-hydrogen) atoms. The van der Waals surface area contributed by atoms with Gasteiger partial charge in [-0.2, -0.15) is 0 Å². The van der Waals surface area contributed by atoms with E-state index in [9.17, 15) is 4.79 Å². The second-order valence-corrected chi connectivity index (χ2v) is 4.74. The number of amidine groups is 1. The Morgan fingerprint density at radius 2 is 2.32 bits per heavy atom. The van der Waals surface area contributed by atoms with Crippen LogP contribution in [0.1, 0.15) is 6.92 Å². The lowest BCUT2D eigenvalue weighted by Crippen LogP contribution is -2.39. The third kappa shape index (κ3) is 2.73. The first-order valence-corrected chi connectivity index (χ1v) is 6.80. The van der Waals surface area contributed by atoms with E-state index < -0.39 is 6.09 Å². The molecule has 8 nitrogen and oxygen atoms in total. The number of hydrogen-bond donors (Lipinski definition) is 1. The van der Waals surface area contributed by atoms with Gasteiger partial charge in [0.2, 0.25) is 5.82 Å². The molecule has 1 aliphatic rings. The summed E-state index contributed by atoms with van der Waals surface area (Å²) in [6.07, 6.45) is -0.903. The number of alkyl carbamates (subject to hydrolysis) is 1. The molecule has 0 spiro atoms. The fourth-order valence-electron chi connectivity index (χ4n) is 1.84. The lowest BCUT2D eigenvalue weighted by atomic mass is 10.3. The van der Waals surface area contributed by atoms with Gasteiger partial charge in [-0.25, -0.2) is 25.1 Å². The summed E-state index contributed by atoms with van der Waals surface area (Å²) in [6.45, 7) is 1.77. The summed E-state index contributed by atoms with van der Waals surface area (Å²) < 4.78 is 17.9. The molecular formula is C13H12ClN5O3. The molecule has 0 saturated heterocycles. The van der Waals surface area contributed by atoms with Crippen molar-refractivity contribution in [3.05, 3.63) is 23.2 Å². The second kappa shape index (κ2) is 5.64. The highest BCUT2D eigenvalue weighted by molar-refractivity contribution is 6.31. The Kier molecular flexibility index (Phi) is 3.36. The number of fused-ring (bicyclic) bond motifs is 2. The Hall–Kier alpha value is -2.61. The van der Waals surface area contributed by atoms with E-state index in [1.165, 1.54) is 5.01 Å². The Morgan fingerprint density at radius 3 is 3.09 bits per heavy atom. The number of carbonyl (C=O) groups excluding carboxylic acids is 1. The van der Waals surface area contributed by atoms with Crippen LogP contribution < -0.4 is 15.1 Å². The molecule has 2 heterocycles. The van der Waals surface area contributed by atoms with Crippen LogP contribution in [0.5, 0.6) is 5.88 Å². The van der Waals surface area contributed by atoms with Crippen LogP contribution in [0, 0.1) is 0 Å². The zero-order chi connectivity index (χ0) is 16.6. The average molecular weight is 323 g/mol. The summed E-state index contributed by atoms with van der Waals surface area (Å²) in [5.41, 5.74) is 1.15. The standard InChI is InChI=1S/C13H12ClN5O3/c1-3-21-13(20)17-12-18-19(2)10-11(22-12)16-9-6-7(14)4-5-8(9)15-10/h4-6H,3H2,1-2H3,(H,17,18,20)/i/hD. The van der Waals surface area contributed by atoms with Gasteiger partial charge in [0.25, 0.3) is 5.88 Å². The molecule has 1 aromatic heterocycles. The van der Waals surface area contributed by atoms with Crippen molar-refractivity contribution < 1.29 is 15.7 Å². The Labute approximate surface area is 132 Å². The molecule has 114 valence electrons. The second-order valence-electron chi connectivity index (χ2n) is 4.30. The van der Waals surface area contributed by atoms with Crippen molar-refractivity contribution in [3.63, 3.8) is 0 Å². The third-order valence-electron chi connectivity index (χ3n) is 2.76. The number of ether oxygens (including phenoxy) is 2. The molecule has 1 amide bonds. The predicted octanol–water partition coefficient (Wildman–Crippen LogP) is 2.13. The number of hydrazone groups is 1. The minimum absolute atomic E-state index is 0.119. The first kappa shape index (κ1) is 13.1. The molecule has 0 unspecified atom stereocenters. The van der Waals surface area contributed by atoms with Crippen molar-refractivity contribution in [2.24, 2.45) is 5.10 Å². The summed E-state index contributed by atoms with van der Waals surface area (Å²) in [5, 5.41) is 6.28. The monoisotopic (exact) mass is 322 g/mol. The average Bonchev–Trinajstić information content (AvgIpc) is 2.52. The molecular weight excluding hydrogens is 310 g/mol. The number of carbonyl (C=O) groups is 1. The number of benzene rings is 1. The van der Waals surface area contributed by atoms with Crippen molar-refractivity contribution in [1.29, 1.82) is 0 Å². The highest BCUT2D eigenvalue weighted by atomic mass is 35.5. The van der Waals surface area contributed by atoms with Gasteiger partial charge >= 0.3 is 12.1 Å². The number of nitrogens with one attached hydrogen (secondary N) is 1. The van der Waals surface area contributed by atoms with Crippen molar-refractivity contribution >= 4 is 40.6 Å². The highest BCUT2D eigenvalue weighted by Crippen LogP contribution is 2.29. The van der Waals surface area contributed by atoms with Gasteiger partial charge in [-0.05, 0) is 25.1 Å². The molecule has 1 aromatic carbocycles. The Bertz CT molecular complexity index is 816. The topological polar surface area (TPSA) is 88.9 Å². The van der Waals surface area contributed by atoms with E-state index in [2.05, 4.69) is 15.1 Å². The van der Waals surface area contributed by atoms with Crippen LogP contribution in [0.2, 0.25) is 6.43 Å². The van der Waals surface area contributed by atoms with Crippen LogP contribution in [0.3, 0.4) is 0 Å². The van der Waals surface area contributed by atoms with Gasteiger partial charge in [-0.1, -0.05) is 11.6 Å². The zero-order valence-electron chi connectivity index (χ0n) is 12.8. The van der Waals surface area contributed by atoms with Gasteiger partial charge in [0.05, 0.1) is 17.6 Å². The maximum Gasteiger partial charge on any atom is 0.415 e. The molecule has 0 atom stereocenters. The van der Waals surface area contributed by atoms with Crippen LogP contribution in [0.25, 0.3) is 11.0 Å². The molecule has 9 heteroatoms. The Balaban J connectivity index is 1.98. The number of amides is 1. The largest absolute Gasteiger partial charge is 0.450 e. The van der Waals surface area contributed by atoms with Gasteiger partial charge < -0.3 is 9.47 Å². The van der Waals surface area contributed by atoms with Crippen molar-refractivity contribution in [2.75, 3.05) is 18.7 Å². The first-order valence-electron chi connectivity index (χ1n) is 6.87. The van der Waals surface area contributed by atoms with Crippen molar-refractivity contribution in [1.82, 2.24) is 15.3 Å². The summed E-state index contributed by atoms with van der Waals surface area (Å²) in [5.74, 6) is 0.481. The molecule has 2 aromatic rings. The number of hydrogen-bond acceptors (Lipinski definition) is 7. The summed E-state index contributed by atoms with van der Waals surface area (Å²) in [6, 6.07) is 4.79. The SMILES string of the molecule is [2H]N(C(=O)OCC)C1=NN(C)c2nc3ccc(Cl)cc3nc2O1. The normalized spacial score (nSPS) is 13.9. The molecule has 0 radical (unpaired) electrons. The maximum atomic E-state index is 11.6. The van der Waals surface area contributed by atoms with Gasteiger partial charge in [0, 0.05) is 12.1 Å². The van der Waals surface area contributed by atoms with Crippen molar-refractivity contribution in [2.45, 2.75) is 6.92 Å². The number of rotatable bonds is 1. The fraction of sp³-hybridized carbons (Fsp3) is 0.231. The van der Waals surface area contributed by atoms with Gasteiger partial charge in [0.15, 0.2) is 1.41 Å². The number of nitrogens with zero attached hydrogens (tertiary/aromatic N) is 4. The molecule has 0 bridgehead atoms. The molecule has 0 fully saturated rings. The lowest BCUT2D eigenvalue weighted by molar-refractivity contribution is 0.156. The van der Waals surface area contributed by atoms with Crippen LogP contribution in [-0.2, 0) is 4.74 Å². The van der Waals surface area contributed by atoms with Crippen LogP contribution in [-0.4, -0.2) is 35.7 Å². The smallest absolute Gasteiger partial charge is 0.415 e. The highest BCUT2D eigenvalue weighted by Gasteiger charge is 2.23. The fourth-order valence-corrected chi connectivity index (χ4v) is 2.01. The van der Waals surface area contributed by atoms with E-state index in [0.29, 0.717) is 27.2 Å². The summed E-state index contributed by atoms with van der Waals surface area (Å²) >= 11 is 5.94. The van der Waals surface area contributed by atoms with E-state index >= 15 is 0 Å². The number of anilines is 1. The molecule has 0 saturated carbocycles. The van der Waals surface area contributed by atoms with Gasteiger partial charge in [-0.15, -0.1) is 5.10 Å². The van der Waals surface area contributed by atoms with E-state index in [-0.39, 0.29) is 18.5 Å². The Morgan fingerprint density at radius 1 is 1.50 bits per heavy atom. The van der Waals surface area contributed by atoms with Gasteiger partial charge in [-0.3, -0.25) is 0 Å². The lowest BCUT2D eigenvalue weighted by Gasteiger charge is -2.22. The van der Waals surface area contributed by atoms with Crippen molar-refractivity contribution in [3.8, 4) is 5.88 Å². The minimum Gasteiger partial charge on any atom is -0.450 e. The zero-order valence-corrected chi connectivity index (χ0v) is 12.5. The third-order valence-corrected chi connectivity index (χ3v) is 3.00. The summed E-state index contributed by atoms with van der Waals surface area (Å²) in [7, 11) is 1.61. The minimum atomic E-state index is -0.903. The molecule has 0 aliphatic carbocycles. The number of aromatic nitrogens is 2. The van der Waals surface area contributed by atoms with E-state index in [1.54, 1.807) is 32.2 Å². The van der Waals surface area contributed by atoms with E-state index in [1.807, 2.05) is 0 Å². The van der Waals surface area contributed by atoms with Gasteiger partial charge in [0.1, 0.15) is 0 Å². The quantitative estimate of drug-likeness (QED) is 0.865. The van der Waals surface area contributed by atoms with Crippen LogP contribution >= 0.6 is 11.6 Å². The van der Waals surface area contributed by atoms with E-state index in [0.717, 1.165) is 0 Å². The molecule has 1 aliphatic heterocycles. The van der Waals surface area contributed by atoms with E-state index in [4.69, 9.17) is 22.5 Å². The number of halogens is 1.